The minimum atomic E-state index is -2.72. The lowest BCUT2D eigenvalue weighted by atomic mass is 10.1. The van der Waals surface area contributed by atoms with E-state index in [-0.39, 0.29) is 30.4 Å². The van der Waals surface area contributed by atoms with E-state index in [9.17, 15) is 8.76 Å². The zero-order valence-corrected chi connectivity index (χ0v) is 12.8. The Balaban J connectivity index is 1.56. The van der Waals surface area contributed by atoms with Gasteiger partial charge in [0.25, 0.3) is 0 Å². The molecule has 2 fully saturated rings. The third kappa shape index (κ3) is 2.27. The van der Waals surface area contributed by atoms with Crippen molar-refractivity contribution < 1.29 is 18.2 Å². The Morgan fingerprint density at radius 1 is 1.38 bits per heavy atom. The molecule has 1 unspecified atom stereocenters. The second-order valence-electron chi connectivity index (χ2n) is 5.54. The summed E-state index contributed by atoms with van der Waals surface area (Å²) in [5.74, 6) is 2.03. The minimum Gasteiger partial charge on any atom is -0.454 e. The van der Waals surface area contributed by atoms with Crippen LogP contribution in [0.2, 0.25) is 0 Å². The van der Waals surface area contributed by atoms with Crippen molar-refractivity contribution in [2.45, 2.75) is 18.6 Å². The van der Waals surface area contributed by atoms with Crippen LogP contribution in [0.25, 0.3) is 0 Å². The third-order valence-corrected chi connectivity index (χ3v) is 6.19. The highest BCUT2D eigenvalue weighted by Crippen LogP contribution is 2.34. The van der Waals surface area contributed by atoms with Crippen molar-refractivity contribution in [3.05, 3.63) is 23.8 Å². The van der Waals surface area contributed by atoms with Gasteiger partial charge in [0, 0.05) is 6.54 Å². The highest BCUT2D eigenvalue weighted by Gasteiger charge is 2.53. The minimum absolute atomic E-state index is 0.0135. The molecule has 112 valence electrons. The summed E-state index contributed by atoms with van der Waals surface area (Å²) in [6.45, 7) is 0.846. The molecule has 2 saturated heterocycles. The van der Waals surface area contributed by atoms with Crippen LogP contribution in [0.1, 0.15) is 5.56 Å². The van der Waals surface area contributed by atoms with Gasteiger partial charge >= 0.3 is 0 Å². The Bertz CT molecular complexity index is 666. The molecule has 0 radical (unpaired) electrons. The average Bonchev–Trinajstić information content (AvgIpc) is 3.05. The number of ether oxygens (including phenoxy) is 2. The largest absolute Gasteiger partial charge is 0.454 e. The first-order valence-electron chi connectivity index (χ1n) is 6.69. The third-order valence-electron chi connectivity index (χ3n) is 4.10. The Morgan fingerprint density at radius 2 is 2.19 bits per heavy atom. The van der Waals surface area contributed by atoms with Crippen molar-refractivity contribution in [2.75, 3.05) is 18.3 Å². The number of hydrogen-bond donors (Lipinski definition) is 2. The van der Waals surface area contributed by atoms with Gasteiger partial charge in [0.05, 0.1) is 0 Å². The van der Waals surface area contributed by atoms with E-state index in [4.69, 9.17) is 21.7 Å². The molecule has 3 aliphatic heterocycles. The molecule has 0 bridgehead atoms. The summed E-state index contributed by atoms with van der Waals surface area (Å²) >= 11 is 5.35. The molecule has 2 N–H and O–H groups in total. The van der Waals surface area contributed by atoms with Crippen LogP contribution >= 0.6 is 12.2 Å². The maximum Gasteiger partial charge on any atom is 0.231 e. The average molecular weight is 327 g/mol. The monoisotopic (exact) mass is 327 g/mol. The molecule has 0 spiro atoms. The van der Waals surface area contributed by atoms with Crippen molar-refractivity contribution in [3.63, 3.8) is 0 Å². The van der Waals surface area contributed by atoms with E-state index in [1.807, 2.05) is 23.1 Å². The summed E-state index contributed by atoms with van der Waals surface area (Å²) in [4.78, 5) is 2.00. The molecule has 0 aromatic heterocycles. The first-order valence-corrected chi connectivity index (χ1v) is 8.96. The van der Waals surface area contributed by atoms with Gasteiger partial charge in [0.2, 0.25) is 17.0 Å². The molecule has 0 saturated carbocycles. The summed E-state index contributed by atoms with van der Waals surface area (Å²) in [5.41, 5.74) is 1.04. The molecule has 1 aromatic carbocycles. The van der Waals surface area contributed by atoms with Crippen LogP contribution in [0, 0.1) is 0 Å². The van der Waals surface area contributed by atoms with E-state index >= 15 is 0 Å². The maximum absolute atomic E-state index is 11.9. The van der Waals surface area contributed by atoms with Gasteiger partial charge in [-0.3, -0.25) is 0 Å². The van der Waals surface area contributed by atoms with E-state index in [0.29, 0.717) is 11.7 Å². The van der Waals surface area contributed by atoms with Crippen LogP contribution in [0.3, 0.4) is 0 Å². The van der Waals surface area contributed by atoms with Crippen molar-refractivity contribution in [1.29, 1.82) is 0 Å². The Labute approximate surface area is 128 Å². The van der Waals surface area contributed by atoms with Crippen LogP contribution in [0.15, 0.2) is 18.2 Å². The lowest BCUT2D eigenvalue weighted by Gasteiger charge is -2.22. The first-order chi connectivity index (χ1) is 10.0. The zero-order valence-electron chi connectivity index (χ0n) is 11.2. The van der Waals surface area contributed by atoms with Gasteiger partial charge in [-0.25, -0.2) is 0 Å². The predicted molar refractivity (Wildman–Crippen MR) is 81.8 cm³/mol. The SMILES string of the molecule is O=[S+]1(O)C[C@@H]2[C@@H](C1)NC(=S)N2Cc1ccc2c(c1)OCO2. The van der Waals surface area contributed by atoms with Crippen molar-refractivity contribution in [3.8, 4) is 11.5 Å². The van der Waals surface area contributed by atoms with E-state index in [0.717, 1.165) is 17.1 Å². The number of nitrogens with one attached hydrogen (secondary N) is 1. The highest BCUT2D eigenvalue weighted by molar-refractivity contribution is 7.98. The molecular formula is C13H15N2O4S2+. The Kier molecular flexibility index (Phi) is 2.88. The fraction of sp³-hybridized carbons (Fsp3) is 0.462. The summed E-state index contributed by atoms with van der Waals surface area (Å²) < 4.78 is 32.3. The number of hydrogen-bond acceptors (Lipinski definition) is 4. The molecule has 0 aliphatic carbocycles. The smallest absolute Gasteiger partial charge is 0.231 e. The fourth-order valence-electron chi connectivity index (χ4n) is 3.10. The van der Waals surface area contributed by atoms with Crippen LogP contribution in [0.5, 0.6) is 11.5 Å². The van der Waals surface area contributed by atoms with Crippen LogP contribution in [-0.2, 0) is 21.0 Å². The van der Waals surface area contributed by atoms with Gasteiger partial charge in [-0.2, -0.15) is 4.55 Å². The predicted octanol–water partition coefficient (Wildman–Crippen LogP) is 0.829. The molecule has 3 atom stereocenters. The molecule has 4 rings (SSSR count). The van der Waals surface area contributed by atoms with E-state index in [1.54, 1.807) is 0 Å². The molecule has 3 aliphatic rings. The number of nitrogens with zero attached hydrogens (tertiary/aromatic N) is 1. The fourth-order valence-corrected chi connectivity index (χ4v) is 5.40. The molecule has 3 heterocycles. The summed E-state index contributed by atoms with van der Waals surface area (Å²) in [7, 11) is -2.72. The van der Waals surface area contributed by atoms with Crippen molar-refractivity contribution in [1.82, 2.24) is 10.2 Å². The molecule has 0 amide bonds. The number of rotatable bonds is 2. The Morgan fingerprint density at radius 3 is 3.05 bits per heavy atom. The molecule has 6 nitrogen and oxygen atoms in total. The lowest BCUT2D eigenvalue weighted by molar-refractivity contribution is 0.174. The van der Waals surface area contributed by atoms with Crippen LogP contribution < -0.4 is 14.8 Å². The standard InChI is InChI=1S/C13H14N2O4S2/c16-21(17)5-9-10(6-21)15(13(20)14-9)4-8-1-2-11-12(3-8)19-7-18-11/h1-3,9-10H,4-7H2,(H-,14,16,17,20)/p+1/t9-,10-/m1/s1. The second kappa shape index (κ2) is 4.56. The van der Waals surface area contributed by atoms with Gasteiger partial charge in [0.1, 0.15) is 12.1 Å². The number of benzene rings is 1. The van der Waals surface area contributed by atoms with Gasteiger partial charge < -0.3 is 19.7 Å². The van der Waals surface area contributed by atoms with Gasteiger partial charge in [-0.15, -0.1) is 0 Å². The van der Waals surface area contributed by atoms with Crippen LogP contribution in [0.4, 0.5) is 0 Å². The lowest BCUT2D eigenvalue weighted by Crippen LogP contribution is -2.36. The van der Waals surface area contributed by atoms with Gasteiger partial charge in [0.15, 0.2) is 28.1 Å². The number of thiocarbonyl (C=S) groups is 1. The summed E-state index contributed by atoms with van der Waals surface area (Å²) in [5, 5.41) is 3.81. The molecule has 8 heteroatoms. The van der Waals surface area contributed by atoms with E-state index in [1.165, 1.54) is 0 Å². The second-order valence-corrected chi connectivity index (χ2v) is 8.14. The van der Waals surface area contributed by atoms with Gasteiger partial charge in [-0.05, 0) is 29.9 Å². The van der Waals surface area contributed by atoms with Gasteiger partial charge in [-0.1, -0.05) is 10.3 Å². The number of fused-ring (bicyclic) bond motifs is 2. The van der Waals surface area contributed by atoms with Crippen molar-refractivity contribution in [2.24, 2.45) is 0 Å². The van der Waals surface area contributed by atoms with E-state index < -0.39 is 10.2 Å². The van der Waals surface area contributed by atoms with Crippen LogP contribution in [-0.4, -0.2) is 44.9 Å². The van der Waals surface area contributed by atoms with Crippen molar-refractivity contribution >= 4 is 27.5 Å². The molecule has 21 heavy (non-hydrogen) atoms. The zero-order chi connectivity index (χ0) is 14.6. The Hall–Kier alpha value is -1.38. The summed E-state index contributed by atoms with van der Waals surface area (Å²) in [6.07, 6.45) is 0. The maximum atomic E-state index is 11.9. The first kappa shape index (κ1) is 13.3. The molecule has 1 aromatic rings. The quantitative estimate of drug-likeness (QED) is 0.616. The topological polar surface area (TPSA) is 71.0 Å². The highest BCUT2D eigenvalue weighted by atomic mass is 32.3. The van der Waals surface area contributed by atoms with E-state index in [2.05, 4.69) is 5.32 Å². The summed E-state index contributed by atoms with van der Waals surface area (Å²) in [6, 6.07) is 5.74. The normalized spacial score (nSPS) is 33.2. The molecular weight excluding hydrogens is 312 g/mol.